The zero-order valence-electron chi connectivity index (χ0n) is 11.9. The van der Waals surface area contributed by atoms with Gasteiger partial charge in [0.15, 0.2) is 0 Å². The summed E-state index contributed by atoms with van der Waals surface area (Å²) >= 11 is 0. The van der Waals surface area contributed by atoms with Crippen LogP contribution in [0.3, 0.4) is 0 Å². The minimum Gasteiger partial charge on any atom is -0.354 e. The summed E-state index contributed by atoms with van der Waals surface area (Å²) in [7, 11) is 0. The Morgan fingerprint density at radius 3 is 2.70 bits per heavy atom. The van der Waals surface area contributed by atoms with Crippen LogP contribution in [0.4, 0.5) is 14.9 Å². The molecule has 3 N–H and O–H groups in total. The molecule has 1 aromatic rings. The van der Waals surface area contributed by atoms with Crippen molar-refractivity contribution in [1.29, 1.82) is 0 Å². The third kappa shape index (κ3) is 4.87. The zero-order chi connectivity index (χ0) is 15.1. The van der Waals surface area contributed by atoms with Gasteiger partial charge in [0.25, 0.3) is 0 Å². The first-order valence-electron chi connectivity index (χ1n) is 6.55. The highest BCUT2D eigenvalue weighted by Gasteiger charge is 2.15. The van der Waals surface area contributed by atoms with Crippen LogP contribution in [0.1, 0.15) is 25.8 Å². The predicted octanol–water partition coefficient (Wildman–Crippen LogP) is 2.17. The van der Waals surface area contributed by atoms with Crippen LogP contribution in [0.15, 0.2) is 18.2 Å². The Hall–Kier alpha value is -2.11. The molecule has 6 heteroatoms. The number of urea groups is 1. The number of aryl methyl sites for hydroxylation is 1. The van der Waals surface area contributed by atoms with Gasteiger partial charge in [0, 0.05) is 6.54 Å². The summed E-state index contributed by atoms with van der Waals surface area (Å²) in [6, 6.07) is 3.11. The van der Waals surface area contributed by atoms with E-state index in [2.05, 4.69) is 16.0 Å². The molecule has 110 valence electrons. The second-order valence-corrected chi connectivity index (χ2v) is 4.59. The number of carbonyl (C=O) groups is 2. The van der Waals surface area contributed by atoms with Crippen LogP contribution in [-0.2, 0) is 4.79 Å². The molecule has 0 saturated carbocycles. The van der Waals surface area contributed by atoms with Crippen molar-refractivity contribution in [2.45, 2.75) is 33.2 Å². The maximum absolute atomic E-state index is 13.5. The second-order valence-electron chi connectivity index (χ2n) is 4.59. The smallest absolute Gasteiger partial charge is 0.319 e. The molecule has 0 aromatic heterocycles. The Labute approximate surface area is 117 Å². The fraction of sp³-hybridized carbons (Fsp3) is 0.429. The van der Waals surface area contributed by atoms with E-state index in [9.17, 15) is 14.0 Å². The molecular weight excluding hydrogens is 261 g/mol. The van der Waals surface area contributed by atoms with Gasteiger partial charge >= 0.3 is 6.03 Å². The van der Waals surface area contributed by atoms with Crippen LogP contribution in [0, 0.1) is 12.7 Å². The van der Waals surface area contributed by atoms with Crippen molar-refractivity contribution in [2.75, 3.05) is 11.9 Å². The molecule has 0 spiro atoms. The van der Waals surface area contributed by atoms with E-state index >= 15 is 0 Å². The molecule has 0 aliphatic heterocycles. The summed E-state index contributed by atoms with van der Waals surface area (Å²) in [5.41, 5.74) is 0.916. The van der Waals surface area contributed by atoms with Gasteiger partial charge in [-0.2, -0.15) is 0 Å². The van der Waals surface area contributed by atoms with Crippen molar-refractivity contribution in [3.05, 3.63) is 29.6 Å². The minimum absolute atomic E-state index is 0.0867. The molecule has 0 bridgehead atoms. The number of anilines is 1. The van der Waals surface area contributed by atoms with Gasteiger partial charge in [-0.1, -0.05) is 13.0 Å². The molecule has 1 atom stereocenters. The molecular formula is C14H20FN3O2. The largest absolute Gasteiger partial charge is 0.354 e. The Morgan fingerprint density at radius 1 is 1.35 bits per heavy atom. The van der Waals surface area contributed by atoms with Crippen LogP contribution in [0.2, 0.25) is 0 Å². The number of rotatable bonds is 5. The van der Waals surface area contributed by atoms with E-state index in [1.54, 1.807) is 19.9 Å². The molecule has 1 unspecified atom stereocenters. The summed E-state index contributed by atoms with van der Waals surface area (Å²) in [5, 5.41) is 7.51. The molecule has 0 fully saturated rings. The fourth-order valence-corrected chi connectivity index (χ4v) is 1.56. The molecule has 0 radical (unpaired) electrons. The third-order valence-electron chi connectivity index (χ3n) is 2.66. The molecule has 5 nitrogen and oxygen atoms in total. The van der Waals surface area contributed by atoms with Gasteiger partial charge in [0.05, 0.1) is 5.69 Å². The normalized spacial score (nSPS) is 11.6. The Balaban J connectivity index is 2.55. The van der Waals surface area contributed by atoms with E-state index < -0.39 is 17.9 Å². The highest BCUT2D eigenvalue weighted by atomic mass is 19.1. The van der Waals surface area contributed by atoms with Gasteiger partial charge in [-0.3, -0.25) is 4.79 Å². The third-order valence-corrected chi connectivity index (χ3v) is 2.66. The van der Waals surface area contributed by atoms with E-state index in [1.165, 1.54) is 12.1 Å². The van der Waals surface area contributed by atoms with Crippen molar-refractivity contribution < 1.29 is 14.0 Å². The Kier molecular flexibility index (Phi) is 5.96. The van der Waals surface area contributed by atoms with Crippen molar-refractivity contribution in [1.82, 2.24) is 10.6 Å². The summed E-state index contributed by atoms with van der Waals surface area (Å²) in [4.78, 5) is 23.3. The summed E-state index contributed by atoms with van der Waals surface area (Å²) in [5.74, 6) is -0.791. The number of halogens is 1. The first-order chi connectivity index (χ1) is 9.43. The molecule has 3 amide bonds. The molecule has 1 rings (SSSR count). The maximum atomic E-state index is 13.5. The summed E-state index contributed by atoms with van der Waals surface area (Å²) in [6.07, 6.45) is 0.819. The lowest BCUT2D eigenvalue weighted by Gasteiger charge is -2.15. The van der Waals surface area contributed by atoms with Crippen molar-refractivity contribution in [3.8, 4) is 0 Å². The number of carbonyl (C=O) groups excluding carboxylic acids is 2. The van der Waals surface area contributed by atoms with Gasteiger partial charge < -0.3 is 16.0 Å². The van der Waals surface area contributed by atoms with Crippen LogP contribution < -0.4 is 16.0 Å². The first kappa shape index (κ1) is 15.9. The van der Waals surface area contributed by atoms with Crippen LogP contribution >= 0.6 is 0 Å². The van der Waals surface area contributed by atoms with Crippen molar-refractivity contribution >= 4 is 17.6 Å². The Morgan fingerprint density at radius 2 is 2.05 bits per heavy atom. The standard InChI is InChI=1S/C14H20FN3O2/c1-4-7-16-13(19)10(3)17-14(20)18-12-8-9(2)5-6-11(12)15/h5-6,8,10H,4,7H2,1-3H3,(H,16,19)(H2,17,18,20). The Bertz CT molecular complexity index is 491. The number of benzene rings is 1. The van der Waals surface area contributed by atoms with E-state index in [1.807, 2.05) is 6.92 Å². The average molecular weight is 281 g/mol. The number of hydrogen-bond acceptors (Lipinski definition) is 2. The molecule has 0 heterocycles. The minimum atomic E-state index is -0.686. The van der Waals surface area contributed by atoms with Gasteiger partial charge in [0.1, 0.15) is 11.9 Å². The number of nitrogens with one attached hydrogen (secondary N) is 3. The highest BCUT2D eigenvalue weighted by molar-refractivity contribution is 5.93. The van der Waals surface area contributed by atoms with Gasteiger partial charge in [-0.25, -0.2) is 9.18 Å². The SMILES string of the molecule is CCCNC(=O)C(C)NC(=O)Nc1cc(C)ccc1F. The quantitative estimate of drug-likeness (QED) is 0.774. The lowest BCUT2D eigenvalue weighted by Crippen LogP contribution is -2.46. The van der Waals surface area contributed by atoms with E-state index in [0.717, 1.165) is 12.0 Å². The number of amides is 3. The van der Waals surface area contributed by atoms with Crippen LogP contribution in [0.5, 0.6) is 0 Å². The summed E-state index contributed by atoms with van der Waals surface area (Å²) < 4.78 is 13.5. The summed E-state index contributed by atoms with van der Waals surface area (Å²) in [6.45, 7) is 5.85. The highest BCUT2D eigenvalue weighted by Crippen LogP contribution is 2.15. The fourth-order valence-electron chi connectivity index (χ4n) is 1.56. The zero-order valence-corrected chi connectivity index (χ0v) is 11.9. The van der Waals surface area contributed by atoms with Crippen LogP contribution in [0.25, 0.3) is 0 Å². The van der Waals surface area contributed by atoms with Crippen molar-refractivity contribution in [3.63, 3.8) is 0 Å². The lowest BCUT2D eigenvalue weighted by atomic mass is 10.2. The monoisotopic (exact) mass is 281 g/mol. The van der Waals surface area contributed by atoms with Crippen LogP contribution in [-0.4, -0.2) is 24.5 Å². The predicted molar refractivity (Wildman–Crippen MR) is 76.1 cm³/mol. The molecule has 0 aliphatic rings. The molecule has 20 heavy (non-hydrogen) atoms. The van der Waals surface area contributed by atoms with E-state index in [0.29, 0.717) is 6.54 Å². The lowest BCUT2D eigenvalue weighted by molar-refractivity contribution is -0.122. The molecule has 0 saturated heterocycles. The first-order valence-corrected chi connectivity index (χ1v) is 6.55. The van der Waals surface area contributed by atoms with Gasteiger partial charge in [0.2, 0.25) is 5.91 Å². The maximum Gasteiger partial charge on any atom is 0.319 e. The molecule has 0 aliphatic carbocycles. The van der Waals surface area contributed by atoms with Crippen molar-refractivity contribution in [2.24, 2.45) is 0 Å². The topological polar surface area (TPSA) is 70.2 Å². The van der Waals surface area contributed by atoms with Gasteiger partial charge in [-0.15, -0.1) is 0 Å². The van der Waals surface area contributed by atoms with E-state index in [-0.39, 0.29) is 11.6 Å². The second kappa shape index (κ2) is 7.47. The molecule has 1 aromatic carbocycles. The van der Waals surface area contributed by atoms with E-state index in [4.69, 9.17) is 0 Å². The average Bonchev–Trinajstić information content (AvgIpc) is 2.40. The number of hydrogen-bond donors (Lipinski definition) is 3. The van der Waals surface area contributed by atoms with Gasteiger partial charge in [-0.05, 0) is 38.0 Å².